The van der Waals surface area contributed by atoms with Crippen molar-refractivity contribution in [3.63, 3.8) is 0 Å². The van der Waals surface area contributed by atoms with Crippen LogP contribution in [0.4, 0.5) is 5.69 Å². The molecule has 0 heterocycles. The minimum absolute atomic E-state index is 0.0112. The van der Waals surface area contributed by atoms with Crippen molar-refractivity contribution in [3.8, 4) is 0 Å². The van der Waals surface area contributed by atoms with Gasteiger partial charge in [0.25, 0.3) is 5.69 Å². The summed E-state index contributed by atoms with van der Waals surface area (Å²) in [7, 11) is -4.17. The Morgan fingerprint density at radius 1 is 1.20 bits per heavy atom. The maximum Gasteiger partial charge on any atom is 0.273 e. The zero-order chi connectivity index (χ0) is 18.6. The summed E-state index contributed by atoms with van der Waals surface area (Å²) in [5, 5.41) is 11.0. The lowest BCUT2D eigenvalue weighted by atomic mass is 10.1. The van der Waals surface area contributed by atoms with Crippen molar-refractivity contribution >= 4 is 21.6 Å². The Kier molecular flexibility index (Phi) is 5.50. The predicted molar refractivity (Wildman–Crippen MR) is 91.3 cm³/mol. The van der Waals surface area contributed by atoms with Crippen LogP contribution in [-0.2, 0) is 21.2 Å². The number of hydrogen-bond acceptors (Lipinski definition) is 5. The fraction of sp³-hybridized carbons (Fsp3) is 0.188. The van der Waals surface area contributed by atoms with Crippen molar-refractivity contribution < 1.29 is 18.1 Å². The fourth-order valence-electron chi connectivity index (χ4n) is 2.39. The molecule has 1 atom stereocenters. The van der Waals surface area contributed by atoms with Gasteiger partial charge < -0.3 is 5.73 Å². The van der Waals surface area contributed by atoms with E-state index in [1.807, 2.05) is 0 Å². The number of nitrogens with one attached hydrogen (secondary N) is 1. The molecule has 0 aliphatic carbocycles. The molecule has 0 spiro atoms. The minimum Gasteiger partial charge on any atom is -0.368 e. The summed E-state index contributed by atoms with van der Waals surface area (Å²) in [5.41, 5.74) is 5.71. The lowest BCUT2D eigenvalue weighted by Gasteiger charge is -2.16. The van der Waals surface area contributed by atoms with Crippen molar-refractivity contribution in [1.82, 2.24) is 4.72 Å². The highest BCUT2D eigenvalue weighted by Gasteiger charge is 2.28. The van der Waals surface area contributed by atoms with Crippen LogP contribution in [0.15, 0.2) is 53.4 Å². The van der Waals surface area contributed by atoms with Crippen LogP contribution in [0.1, 0.15) is 11.1 Å². The molecule has 0 bridgehead atoms. The Morgan fingerprint density at radius 3 is 2.40 bits per heavy atom. The SMILES string of the molecule is Cc1c([N+](=O)[O-])cccc1S(=O)(=O)NC(Cc1ccccc1)C(N)=O. The van der Waals surface area contributed by atoms with Crippen LogP contribution in [0, 0.1) is 17.0 Å². The molecule has 3 N–H and O–H groups in total. The number of carbonyl (C=O) groups is 1. The lowest BCUT2D eigenvalue weighted by molar-refractivity contribution is -0.385. The van der Waals surface area contributed by atoms with Crippen LogP contribution in [0.5, 0.6) is 0 Å². The van der Waals surface area contributed by atoms with Crippen LogP contribution < -0.4 is 10.5 Å². The normalized spacial score (nSPS) is 12.5. The van der Waals surface area contributed by atoms with E-state index in [9.17, 15) is 23.3 Å². The van der Waals surface area contributed by atoms with Crippen LogP contribution >= 0.6 is 0 Å². The first-order valence-corrected chi connectivity index (χ1v) is 8.80. The minimum atomic E-state index is -4.17. The molecule has 0 fully saturated rings. The Bertz CT molecular complexity index is 897. The summed E-state index contributed by atoms with van der Waals surface area (Å²) in [5.74, 6) is -0.837. The molecule has 2 aromatic carbocycles. The quantitative estimate of drug-likeness (QED) is 0.565. The summed E-state index contributed by atoms with van der Waals surface area (Å²) in [6, 6.07) is 11.3. The number of primary amides is 1. The fourth-order valence-corrected chi connectivity index (χ4v) is 3.86. The van der Waals surface area contributed by atoms with Gasteiger partial charge in [0.2, 0.25) is 15.9 Å². The van der Waals surface area contributed by atoms with Crippen LogP contribution in [0.3, 0.4) is 0 Å². The number of benzene rings is 2. The molecule has 0 radical (unpaired) electrons. The lowest BCUT2D eigenvalue weighted by Crippen LogP contribution is -2.45. The van der Waals surface area contributed by atoms with Crippen molar-refractivity contribution in [3.05, 3.63) is 69.8 Å². The van der Waals surface area contributed by atoms with Crippen molar-refractivity contribution in [1.29, 1.82) is 0 Å². The van der Waals surface area contributed by atoms with E-state index < -0.39 is 26.9 Å². The monoisotopic (exact) mass is 363 g/mol. The Morgan fingerprint density at radius 2 is 1.84 bits per heavy atom. The highest BCUT2D eigenvalue weighted by molar-refractivity contribution is 7.89. The molecule has 8 nitrogen and oxygen atoms in total. The third kappa shape index (κ3) is 4.40. The molecule has 0 aliphatic heterocycles. The molecule has 25 heavy (non-hydrogen) atoms. The van der Waals surface area contributed by atoms with E-state index in [0.29, 0.717) is 0 Å². The van der Waals surface area contributed by atoms with Gasteiger partial charge >= 0.3 is 0 Å². The zero-order valence-corrected chi connectivity index (χ0v) is 14.2. The molecule has 132 valence electrons. The molecule has 2 rings (SSSR count). The number of amides is 1. The molecular formula is C16H17N3O5S. The van der Waals surface area contributed by atoms with Gasteiger partial charge in [-0.3, -0.25) is 14.9 Å². The average Bonchev–Trinajstić information content (AvgIpc) is 2.54. The van der Waals surface area contributed by atoms with E-state index in [4.69, 9.17) is 5.73 Å². The molecule has 9 heteroatoms. The predicted octanol–water partition coefficient (Wildman–Crippen LogP) is 1.28. The molecule has 2 aromatic rings. The topological polar surface area (TPSA) is 132 Å². The summed E-state index contributed by atoms with van der Waals surface area (Å²) < 4.78 is 27.4. The van der Waals surface area contributed by atoms with E-state index in [0.717, 1.165) is 5.56 Å². The summed E-state index contributed by atoms with van der Waals surface area (Å²) in [6.45, 7) is 1.34. The van der Waals surface area contributed by atoms with Gasteiger partial charge in [0.15, 0.2) is 0 Å². The Balaban J connectivity index is 2.34. The second-order valence-electron chi connectivity index (χ2n) is 5.42. The standard InChI is InChI=1S/C16H17N3O5S/c1-11-14(19(21)22)8-5-9-15(11)25(23,24)18-13(16(17)20)10-12-6-3-2-4-7-12/h2-9,13,18H,10H2,1H3,(H2,17,20). The zero-order valence-electron chi connectivity index (χ0n) is 13.4. The first-order chi connectivity index (χ1) is 11.7. The molecule has 0 saturated carbocycles. The van der Waals surface area contributed by atoms with Gasteiger partial charge in [-0.05, 0) is 25.0 Å². The van der Waals surface area contributed by atoms with E-state index in [2.05, 4.69) is 4.72 Å². The number of nitro benzene ring substituents is 1. The van der Waals surface area contributed by atoms with Gasteiger partial charge in [0.1, 0.15) is 6.04 Å². The van der Waals surface area contributed by atoms with Crippen molar-refractivity contribution in [2.45, 2.75) is 24.3 Å². The van der Waals surface area contributed by atoms with Gasteiger partial charge in [0.05, 0.1) is 9.82 Å². The first kappa shape index (κ1) is 18.6. The summed E-state index contributed by atoms with van der Waals surface area (Å²) >= 11 is 0. The number of rotatable bonds is 7. The third-order valence-corrected chi connectivity index (χ3v) is 5.28. The molecule has 0 aliphatic rings. The van der Waals surface area contributed by atoms with Crippen LogP contribution in [0.2, 0.25) is 0 Å². The number of carbonyl (C=O) groups excluding carboxylic acids is 1. The van der Waals surface area contributed by atoms with Gasteiger partial charge in [-0.1, -0.05) is 36.4 Å². The number of nitro groups is 1. The molecular weight excluding hydrogens is 346 g/mol. The largest absolute Gasteiger partial charge is 0.368 e. The van der Waals surface area contributed by atoms with Gasteiger partial charge in [-0.15, -0.1) is 0 Å². The highest BCUT2D eigenvalue weighted by Crippen LogP contribution is 2.24. The van der Waals surface area contributed by atoms with Gasteiger partial charge in [0, 0.05) is 11.6 Å². The van der Waals surface area contributed by atoms with Crippen LogP contribution in [-0.4, -0.2) is 25.3 Å². The van der Waals surface area contributed by atoms with Crippen molar-refractivity contribution in [2.75, 3.05) is 0 Å². The molecule has 1 unspecified atom stereocenters. The smallest absolute Gasteiger partial charge is 0.273 e. The first-order valence-electron chi connectivity index (χ1n) is 7.32. The second kappa shape index (κ2) is 7.41. The van der Waals surface area contributed by atoms with E-state index >= 15 is 0 Å². The van der Waals surface area contributed by atoms with E-state index in [-0.39, 0.29) is 22.6 Å². The average molecular weight is 363 g/mol. The van der Waals surface area contributed by atoms with Gasteiger partial charge in [-0.25, -0.2) is 8.42 Å². The maximum atomic E-state index is 12.6. The molecule has 0 aromatic heterocycles. The molecule has 0 saturated heterocycles. The maximum absolute atomic E-state index is 12.6. The van der Waals surface area contributed by atoms with E-state index in [1.165, 1.54) is 25.1 Å². The number of nitrogens with zero attached hydrogens (tertiary/aromatic N) is 1. The van der Waals surface area contributed by atoms with E-state index in [1.54, 1.807) is 30.3 Å². The summed E-state index contributed by atoms with van der Waals surface area (Å²) in [4.78, 5) is 21.7. The van der Waals surface area contributed by atoms with Crippen LogP contribution in [0.25, 0.3) is 0 Å². The third-order valence-electron chi connectivity index (χ3n) is 3.67. The highest BCUT2D eigenvalue weighted by atomic mass is 32.2. The van der Waals surface area contributed by atoms with Crippen molar-refractivity contribution in [2.24, 2.45) is 5.73 Å². The van der Waals surface area contributed by atoms with Gasteiger partial charge in [-0.2, -0.15) is 4.72 Å². The summed E-state index contributed by atoms with van der Waals surface area (Å²) in [6.07, 6.45) is 0.0728. The second-order valence-corrected chi connectivity index (χ2v) is 7.11. The number of sulfonamides is 1. The Hall–Kier alpha value is -2.78. The number of nitrogens with two attached hydrogens (primary N) is 1. The molecule has 1 amide bonds. The Labute approximate surface area is 144 Å². The number of hydrogen-bond donors (Lipinski definition) is 2.